The molecule has 1 amide bonds. The van der Waals surface area contributed by atoms with Gasteiger partial charge in [-0.25, -0.2) is 4.98 Å². The monoisotopic (exact) mass is 331 g/mol. The summed E-state index contributed by atoms with van der Waals surface area (Å²) in [6.07, 6.45) is 11.1. The number of nitrogens with one attached hydrogen (secondary N) is 1. The van der Waals surface area contributed by atoms with Crippen LogP contribution < -0.4 is 15.8 Å². The Hall–Kier alpha value is -1.62. The molecule has 2 saturated carbocycles. The molecular formula is C19H29N3O2. The van der Waals surface area contributed by atoms with Gasteiger partial charge in [0.15, 0.2) is 11.6 Å². The molecule has 1 aromatic rings. The Balaban J connectivity index is 1.60. The molecule has 3 N–H and O–H groups in total. The highest BCUT2D eigenvalue weighted by Crippen LogP contribution is 2.33. The van der Waals surface area contributed by atoms with Crippen molar-refractivity contribution in [2.45, 2.75) is 51.4 Å². The van der Waals surface area contributed by atoms with E-state index in [0.29, 0.717) is 36.6 Å². The van der Waals surface area contributed by atoms with E-state index in [1.807, 2.05) is 12.1 Å². The summed E-state index contributed by atoms with van der Waals surface area (Å²) >= 11 is 0. The molecule has 1 aromatic heterocycles. The van der Waals surface area contributed by atoms with E-state index >= 15 is 0 Å². The van der Waals surface area contributed by atoms with E-state index < -0.39 is 0 Å². The molecule has 1 heterocycles. The predicted octanol–water partition coefficient (Wildman–Crippen LogP) is 3.35. The van der Waals surface area contributed by atoms with Crippen LogP contribution in [0, 0.1) is 17.8 Å². The standard InChI is InChI=1S/C19H29N3O2/c20-12-15-8-4-9-16(15)19(23)22-18-17(10-5-11-21-18)24-13-14-6-2-1-3-7-14/h5,10-11,14-16H,1-4,6-9,12-13,20H2,(H,21,22,23)/t15-,16-/m1/s1. The number of rotatable bonds is 6. The average Bonchev–Trinajstić information content (AvgIpc) is 3.11. The minimum absolute atomic E-state index is 0.00296. The Morgan fingerprint density at radius 1 is 1.21 bits per heavy atom. The maximum absolute atomic E-state index is 12.6. The van der Waals surface area contributed by atoms with Crippen molar-refractivity contribution in [3.05, 3.63) is 18.3 Å². The van der Waals surface area contributed by atoms with Gasteiger partial charge in [0.05, 0.1) is 6.61 Å². The topological polar surface area (TPSA) is 77.2 Å². The lowest BCUT2D eigenvalue weighted by atomic mass is 9.90. The van der Waals surface area contributed by atoms with Crippen molar-refractivity contribution in [2.24, 2.45) is 23.5 Å². The minimum Gasteiger partial charge on any atom is -0.489 e. The fourth-order valence-corrected chi connectivity index (χ4v) is 4.04. The van der Waals surface area contributed by atoms with E-state index in [-0.39, 0.29) is 11.8 Å². The molecule has 2 aliphatic carbocycles. The molecule has 0 saturated heterocycles. The van der Waals surface area contributed by atoms with Crippen molar-refractivity contribution in [3.63, 3.8) is 0 Å². The molecule has 5 nitrogen and oxygen atoms in total. The van der Waals surface area contributed by atoms with Crippen molar-refractivity contribution >= 4 is 11.7 Å². The van der Waals surface area contributed by atoms with E-state index in [1.54, 1.807) is 6.20 Å². The van der Waals surface area contributed by atoms with Crippen molar-refractivity contribution in [1.82, 2.24) is 4.98 Å². The highest BCUT2D eigenvalue weighted by Gasteiger charge is 2.32. The number of ether oxygens (including phenoxy) is 1. The van der Waals surface area contributed by atoms with E-state index in [4.69, 9.17) is 10.5 Å². The van der Waals surface area contributed by atoms with Crippen molar-refractivity contribution < 1.29 is 9.53 Å². The van der Waals surface area contributed by atoms with Crippen LogP contribution in [0.4, 0.5) is 5.82 Å². The van der Waals surface area contributed by atoms with Gasteiger partial charge in [0.2, 0.25) is 5.91 Å². The summed E-state index contributed by atoms with van der Waals surface area (Å²) < 4.78 is 5.99. The highest BCUT2D eigenvalue weighted by atomic mass is 16.5. The third-order valence-corrected chi connectivity index (χ3v) is 5.51. The van der Waals surface area contributed by atoms with Crippen LogP contribution in [0.15, 0.2) is 18.3 Å². The number of carbonyl (C=O) groups is 1. The second kappa shape index (κ2) is 8.47. The first kappa shape index (κ1) is 17.2. The van der Waals surface area contributed by atoms with Crippen LogP contribution in [-0.4, -0.2) is 24.0 Å². The van der Waals surface area contributed by atoms with Crippen molar-refractivity contribution in [3.8, 4) is 5.75 Å². The first-order chi connectivity index (χ1) is 11.8. The average molecular weight is 331 g/mol. The van der Waals surface area contributed by atoms with E-state index in [0.717, 1.165) is 19.3 Å². The number of nitrogens with two attached hydrogens (primary N) is 1. The zero-order valence-electron chi connectivity index (χ0n) is 14.4. The smallest absolute Gasteiger partial charge is 0.229 e. The summed E-state index contributed by atoms with van der Waals surface area (Å²) in [5.41, 5.74) is 5.80. The van der Waals surface area contributed by atoms with Gasteiger partial charge in [-0.2, -0.15) is 0 Å². The Morgan fingerprint density at radius 2 is 2.04 bits per heavy atom. The van der Waals surface area contributed by atoms with Crippen LogP contribution >= 0.6 is 0 Å². The van der Waals surface area contributed by atoms with Gasteiger partial charge in [0, 0.05) is 12.1 Å². The third kappa shape index (κ3) is 4.26. The molecule has 5 heteroatoms. The molecule has 0 bridgehead atoms. The molecule has 0 unspecified atom stereocenters. The van der Waals surface area contributed by atoms with Gasteiger partial charge in [-0.15, -0.1) is 0 Å². The molecule has 3 rings (SSSR count). The summed E-state index contributed by atoms with van der Waals surface area (Å²) in [5, 5.41) is 2.97. The Labute approximate surface area is 144 Å². The predicted molar refractivity (Wildman–Crippen MR) is 94.8 cm³/mol. The number of nitrogens with zero attached hydrogens (tertiary/aromatic N) is 1. The SMILES string of the molecule is NC[C@H]1CCC[C@H]1C(=O)Nc1ncccc1OCC1CCCCC1. The van der Waals surface area contributed by atoms with Crippen LogP contribution in [0.5, 0.6) is 5.75 Å². The molecular weight excluding hydrogens is 302 g/mol. The second-order valence-corrected chi connectivity index (χ2v) is 7.19. The maximum atomic E-state index is 12.6. The van der Waals surface area contributed by atoms with Gasteiger partial charge in [-0.05, 0) is 56.2 Å². The number of aromatic nitrogens is 1. The summed E-state index contributed by atoms with van der Waals surface area (Å²) in [5.74, 6) is 2.17. The fourth-order valence-electron chi connectivity index (χ4n) is 4.04. The van der Waals surface area contributed by atoms with Gasteiger partial charge in [-0.3, -0.25) is 4.79 Å². The lowest BCUT2D eigenvalue weighted by Gasteiger charge is -2.22. The maximum Gasteiger partial charge on any atom is 0.229 e. The molecule has 0 radical (unpaired) electrons. The number of anilines is 1. The van der Waals surface area contributed by atoms with Gasteiger partial charge >= 0.3 is 0 Å². The number of hydrogen-bond acceptors (Lipinski definition) is 4. The quantitative estimate of drug-likeness (QED) is 0.838. The fraction of sp³-hybridized carbons (Fsp3) is 0.684. The molecule has 2 atom stereocenters. The van der Waals surface area contributed by atoms with E-state index in [1.165, 1.54) is 32.1 Å². The molecule has 0 spiro atoms. The number of carbonyl (C=O) groups excluding carboxylic acids is 1. The van der Waals surface area contributed by atoms with Crippen LogP contribution in [-0.2, 0) is 4.79 Å². The Bertz CT molecular complexity index is 543. The highest BCUT2D eigenvalue weighted by molar-refractivity contribution is 5.93. The van der Waals surface area contributed by atoms with Crippen molar-refractivity contribution in [1.29, 1.82) is 0 Å². The normalized spacial score (nSPS) is 24.7. The lowest BCUT2D eigenvalue weighted by Crippen LogP contribution is -2.30. The molecule has 0 aliphatic heterocycles. The molecule has 2 aliphatic rings. The van der Waals surface area contributed by atoms with Crippen LogP contribution in [0.1, 0.15) is 51.4 Å². The van der Waals surface area contributed by atoms with Crippen LogP contribution in [0.3, 0.4) is 0 Å². The zero-order valence-corrected chi connectivity index (χ0v) is 14.4. The summed E-state index contributed by atoms with van der Waals surface area (Å²) in [4.78, 5) is 16.9. The first-order valence-corrected chi connectivity index (χ1v) is 9.36. The largest absolute Gasteiger partial charge is 0.489 e. The van der Waals surface area contributed by atoms with Gasteiger partial charge in [0.25, 0.3) is 0 Å². The molecule has 132 valence electrons. The van der Waals surface area contributed by atoms with Gasteiger partial charge < -0.3 is 15.8 Å². The number of pyridine rings is 1. The molecule has 24 heavy (non-hydrogen) atoms. The third-order valence-electron chi connectivity index (χ3n) is 5.51. The van der Waals surface area contributed by atoms with E-state index in [2.05, 4.69) is 10.3 Å². The Kier molecular flexibility index (Phi) is 6.07. The lowest BCUT2D eigenvalue weighted by molar-refractivity contribution is -0.120. The van der Waals surface area contributed by atoms with Crippen molar-refractivity contribution in [2.75, 3.05) is 18.5 Å². The van der Waals surface area contributed by atoms with Crippen LogP contribution in [0.25, 0.3) is 0 Å². The molecule has 2 fully saturated rings. The van der Waals surface area contributed by atoms with Crippen LogP contribution in [0.2, 0.25) is 0 Å². The summed E-state index contributed by atoms with van der Waals surface area (Å²) in [6, 6.07) is 3.74. The number of amides is 1. The first-order valence-electron chi connectivity index (χ1n) is 9.36. The zero-order chi connectivity index (χ0) is 16.8. The van der Waals surface area contributed by atoms with E-state index in [9.17, 15) is 4.79 Å². The van der Waals surface area contributed by atoms with Gasteiger partial charge in [0.1, 0.15) is 0 Å². The summed E-state index contributed by atoms with van der Waals surface area (Å²) in [7, 11) is 0. The summed E-state index contributed by atoms with van der Waals surface area (Å²) in [6.45, 7) is 1.29. The Morgan fingerprint density at radius 3 is 2.83 bits per heavy atom. The number of hydrogen-bond donors (Lipinski definition) is 2. The second-order valence-electron chi connectivity index (χ2n) is 7.19. The molecule has 0 aromatic carbocycles. The minimum atomic E-state index is 0.00296. The van der Waals surface area contributed by atoms with Gasteiger partial charge in [-0.1, -0.05) is 25.7 Å².